The first-order valence-corrected chi connectivity index (χ1v) is 25.0. The fourth-order valence-corrected chi connectivity index (χ4v) is 12.4. The number of likely N-dealkylation sites (N-methyl/N-ethyl adjacent to an activating group) is 1. The molecule has 2 N–H and O–H groups in total. The van der Waals surface area contributed by atoms with E-state index >= 15 is 0 Å². The van der Waals surface area contributed by atoms with Crippen LogP contribution in [0.4, 0.5) is 26.3 Å². The van der Waals surface area contributed by atoms with Gasteiger partial charge in [-0.05, 0) is 137 Å². The van der Waals surface area contributed by atoms with Crippen molar-refractivity contribution in [2.75, 3.05) is 64.7 Å². The molecule has 0 aromatic heterocycles. The highest BCUT2D eigenvalue weighted by atomic mass is 33.1. The summed E-state index contributed by atoms with van der Waals surface area (Å²) >= 11 is 0. The minimum atomic E-state index is -5.55. The van der Waals surface area contributed by atoms with E-state index in [1.807, 2.05) is 21.6 Å². The highest BCUT2D eigenvalue weighted by Gasteiger charge is 2.71. The summed E-state index contributed by atoms with van der Waals surface area (Å²) in [7, 11) is 6.15. The van der Waals surface area contributed by atoms with Gasteiger partial charge >= 0.3 is 12.4 Å². The van der Waals surface area contributed by atoms with Gasteiger partial charge in [0.1, 0.15) is 12.4 Å². The topological polar surface area (TPSA) is 71.4 Å². The summed E-state index contributed by atoms with van der Waals surface area (Å²) in [6, 6.07) is 6.63. The number of rotatable bonds is 29. The third-order valence-electron chi connectivity index (χ3n) is 13.5. The summed E-state index contributed by atoms with van der Waals surface area (Å²) in [5, 5.41) is 18.3. The predicted octanol–water partition coefficient (Wildman–Crippen LogP) is 11.8. The largest absolute Gasteiger partial charge is 0.492 e. The Kier molecular flexibility index (Phi) is 21.3. The van der Waals surface area contributed by atoms with Gasteiger partial charge in [-0.25, -0.2) is 0 Å². The number of aliphatic hydroxyl groups excluding tert-OH is 2. The second-order valence-electron chi connectivity index (χ2n) is 17.7. The van der Waals surface area contributed by atoms with E-state index in [1.54, 1.807) is 0 Å². The Bertz CT molecular complexity index is 1320. The van der Waals surface area contributed by atoms with Gasteiger partial charge in [0.2, 0.25) is 0 Å². The number of benzene rings is 1. The Morgan fingerprint density at radius 1 is 0.814 bits per heavy atom. The molecule has 2 fully saturated rings. The van der Waals surface area contributed by atoms with Crippen molar-refractivity contribution in [1.82, 2.24) is 4.90 Å². The summed E-state index contributed by atoms with van der Waals surface area (Å²) in [4.78, 5) is 2.35. The lowest BCUT2D eigenvalue weighted by molar-refractivity contribution is -0.383. The summed E-state index contributed by atoms with van der Waals surface area (Å²) in [6.07, 6.45) is 3.95. The highest BCUT2D eigenvalue weighted by molar-refractivity contribution is 8.76. The molecule has 1 aromatic carbocycles. The molecular weight excluding hydrogens is 813 g/mol. The van der Waals surface area contributed by atoms with Gasteiger partial charge in [-0.15, -0.1) is 0 Å². The van der Waals surface area contributed by atoms with Gasteiger partial charge in [-0.3, -0.25) is 0 Å². The number of alkyl halides is 6. The first kappa shape index (κ1) is 50.7. The molecule has 59 heavy (non-hydrogen) atoms. The van der Waals surface area contributed by atoms with Gasteiger partial charge in [0, 0.05) is 43.8 Å². The molecule has 0 radical (unpaired) electrons. The summed E-state index contributed by atoms with van der Waals surface area (Å²) < 4.78 is 98.8. The van der Waals surface area contributed by atoms with Crippen LogP contribution < -0.4 is 4.74 Å². The number of aliphatic hydroxyl groups is 2. The molecule has 0 heterocycles. The van der Waals surface area contributed by atoms with Crippen molar-refractivity contribution >= 4 is 21.6 Å². The Hall–Kier alpha value is -0.900. The highest BCUT2D eigenvalue weighted by Crippen LogP contribution is 2.61. The van der Waals surface area contributed by atoms with Crippen molar-refractivity contribution in [3.05, 3.63) is 29.3 Å². The van der Waals surface area contributed by atoms with Crippen molar-refractivity contribution in [2.45, 2.75) is 159 Å². The minimum Gasteiger partial charge on any atom is -0.492 e. The van der Waals surface area contributed by atoms with Crippen LogP contribution in [0, 0.1) is 23.2 Å². The molecule has 3 aliphatic carbocycles. The predicted molar refractivity (Wildman–Crippen MR) is 228 cm³/mol. The molecule has 5 atom stereocenters. The molecular formula is C45H73F6NO5S2. The lowest BCUT2D eigenvalue weighted by Crippen LogP contribution is -2.58. The number of fused-ring (bicyclic) bond motifs is 5. The summed E-state index contributed by atoms with van der Waals surface area (Å²) in [5.41, 5.74) is -1.40. The zero-order valence-electron chi connectivity index (χ0n) is 35.9. The Balaban J connectivity index is 1.08. The van der Waals surface area contributed by atoms with Crippen molar-refractivity contribution in [3.8, 4) is 5.75 Å². The molecule has 2 saturated carbocycles. The molecule has 0 aliphatic heterocycles. The fraction of sp³-hybridized carbons (Fsp3) is 0.867. The van der Waals surface area contributed by atoms with E-state index in [-0.39, 0.29) is 50.1 Å². The van der Waals surface area contributed by atoms with Crippen LogP contribution in [0.2, 0.25) is 0 Å². The van der Waals surface area contributed by atoms with Crippen molar-refractivity contribution in [3.63, 3.8) is 0 Å². The van der Waals surface area contributed by atoms with Gasteiger partial charge in [-0.1, -0.05) is 80.0 Å². The van der Waals surface area contributed by atoms with Crippen molar-refractivity contribution in [1.29, 1.82) is 0 Å². The van der Waals surface area contributed by atoms with Crippen LogP contribution in [-0.4, -0.2) is 104 Å². The van der Waals surface area contributed by atoms with Gasteiger partial charge in [0.15, 0.2) is 0 Å². The second-order valence-corrected chi connectivity index (χ2v) is 20.4. The van der Waals surface area contributed by atoms with Crippen molar-refractivity contribution in [2.24, 2.45) is 23.2 Å². The van der Waals surface area contributed by atoms with E-state index in [0.717, 1.165) is 70.2 Å². The van der Waals surface area contributed by atoms with E-state index in [1.165, 1.54) is 74.5 Å². The zero-order chi connectivity index (χ0) is 42.9. The van der Waals surface area contributed by atoms with Gasteiger partial charge in [0.25, 0.3) is 5.60 Å². The Morgan fingerprint density at radius 2 is 1.49 bits per heavy atom. The maximum atomic E-state index is 13.6. The maximum absolute atomic E-state index is 13.6. The van der Waals surface area contributed by atoms with Crippen LogP contribution >= 0.6 is 21.6 Å². The number of hydrogen-bond acceptors (Lipinski definition) is 8. The second kappa shape index (κ2) is 24.8. The lowest BCUT2D eigenvalue weighted by Gasteiger charge is -2.50. The van der Waals surface area contributed by atoms with Crippen molar-refractivity contribution < 1.29 is 50.8 Å². The van der Waals surface area contributed by atoms with Crippen LogP contribution in [0.25, 0.3) is 0 Å². The van der Waals surface area contributed by atoms with Crippen LogP contribution in [0.15, 0.2) is 18.2 Å². The molecule has 4 rings (SSSR count). The molecule has 0 unspecified atom stereocenters. The van der Waals surface area contributed by atoms with Crippen LogP contribution in [-0.2, 0) is 15.9 Å². The Labute approximate surface area is 358 Å². The number of nitrogens with zero attached hydrogens (tertiary/aromatic N) is 1. The summed E-state index contributed by atoms with van der Waals surface area (Å²) in [6.45, 7) is 5.75. The summed E-state index contributed by atoms with van der Waals surface area (Å²) in [5.74, 6) is 4.85. The molecule has 1 aromatic rings. The molecule has 0 bridgehead atoms. The van der Waals surface area contributed by atoms with Gasteiger partial charge < -0.3 is 29.3 Å². The minimum absolute atomic E-state index is 0.0282. The molecule has 14 heteroatoms. The van der Waals surface area contributed by atoms with Gasteiger partial charge in [-0.2, -0.15) is 26.3 Å². The molecule has 3 aliphatic rings. The molecule has 0 amide bonds. The SMILES string of the molecule is CCCC(OCCCO[C@H]1CC[C@H]2[C@@H]3CCc4cc(OCCN(C)CCCCCCSSCCCCCCC(CO)CO)ccc4[C@H]3CC[C@]12C)(C(F)(F)F)C(F)(F)F. The molecule has 342 valence electrons. The molecule has 0 saturated heterocycles. The van der Waals surface area contributed by atoms with Crippen LogP contribution in [0.1, 0.15) is 140 Å². The maximum Gasteiger partial charge on any atom is 0.426 e. The van der Waals surface area contributed by atoms with E-state index in [9.17, 15) is 26.3 Å². The first-order chi connectivity index (χ1) is 28.2. The quantitative estimate of drug-likeness (QED) is 0.0468. The van der Waals surface area contributed by atoms with E-state index < -0.39 is 31.0 Å². The third-order valence-corrected chi connectivity index (χ3v) is 16.1. The molecule has 0 spiro atoms. The smallest absolute Gasteiger partial charge is 0.426 e. The van der Waals surface area contributed by atoms with E-state index in [2.05, 4.69) is 41.8 Å². The average molecular weight is 886 g/mol. The fourth-order valence-electron chi connectivity index (χ4n) is 10.1. The van der Waals surface area contributed by atoms with Gasteiger partial charge in [0.05, 0.1) is 12.7 Å². The number of unbranched alkanes of at least 4 members (excludes halogenated alkanes) is 6. The normalized spacial score (nSPS) is 23.5. The third kappa shape index (κ3) is 14.3. The van der Waals surface area contributed by atoms with E-state index in [0.29, 0.717) is 24.4 Å². The standard InChI is InChI=1S/C45H73F6NO5S2/c1-4-22-43(44(46,47)48,45(49,50)51)57-27-13-26-56-41-20-19-40-39-17-15-35-31-36(16-18-37(35)38(39)21-23-42(40,41)2)55-28-25-52(3)24-10-6-8-12-30-59-58-29-11-7-5-9-14-34(32-53)33-54/h16,18,31,34,38-41,53-54H,4-15,17,19-30,32-33H2,1-3H3/t38-,39-,40+,41+,42+/m1/s1. The first-order valence-electron chi connectivity index (χ1n) is 22.5. The number of halogens is 6. The van der Waals surface area contributed by atoms with Crippen LogP contribution in [0.3, 0.4) is 0 Å². The zero-order valence-corrected chi connectivity index (χ0v) is 37.5. The number of ether oxygens (including phenoxy) is 3. The Morgan fingerprint density at radius 3 is 2.15 bits per heavy atom. The molecule has 6 nitrogen and oxygen atoms in total. The number of aryl methyl sites for hydroxylation is 1. The van der Waals surface area contributed by atoms with Crippen LogP contribution in [0.5, 0.6) is 5.75 Å². The lowest BCUT2D eigenvalue weighted by atomic mass is 9.55. The average Bonchev–Trinajstić information content (AvgIpc) is 3.53. The number of hydrogen-bond donors (Lipinski definition) is 2. The van der Waals surface area contributed by atoms with E-state index in [4.69, 9.17) is 19.7 Å². The monoisotopic (exact) mass is 885 g/mol.